The van der Waals surface area contributed by atoms with Gasteiger partial charge in [0.2, 0.25) is 6.71 Å². The van der Waals surface area contributed by atoms with Crippen LogP contribution in [0.5, 0.6) is 0 Å². The van der Waals surface area contributed by atoms with E-state index in [1.165, 1.54) is 56.1 Å². The molecule has 2 heterocycles. The Morgan fingerprint density at radius 2 is 1.19 bits per heavy atom. The predicted molar refractivity (Wildman–Crippen MR) is 205 cm³/mol. The highest BCUT2D eigenvalue weighted by Crippen LogP contribution is 2.55. The molecule has 0 N–H and O–H groups in total. The minimum atomic E-state index is 0.0875. The number of aryl methyl sites for hydroxylation is 1. The highest BCUT2D eigenvalue weighted by Gasteiger charge is 2.56. The van der Waals surface area contributed by atoms with Crippen LogP contribution in [-0.2, 0) is 10.8 Å². The summed E-state index contributed by atoms with van der Waals surface area (Å²) in [4.78, 5) is 5.36. The van der Waals surface area contributed by atoms with Crippen molar-refractivity contribution in [3.8, 4) is 0 Å². The first-order valence-corrected chi connectivity index (χ1v) is 17.7. The Morgan fingerprint density at radius 1 is 0.617 bits per heavy atom. The molecule has 3 heteroatoms. The lowest BCUT2D eigenvalue weighted by Crippen LogP contribution is -2.64. The number of allylic oxidation sites excluding steroid dienone is 4. The highest BCUT2D eigenvalue weighted by atomic mass is 15.2. The largest absolute Gasteiger partial charge is 0.339 e. The van der Waals surface area contributed by atoms with Gasteiger partial charge in [-0.05, 0) is 89.0 Å². The number of nitrogens with zero attached hydrogens (tertiary/aromatic N) is 2. The maximum Gasteiger partial charge on any atom is 0.200 e. The van der Waals surface area contributed by atoms with Gasteiger partial charge in [-0.1, -0.05) is 140 Å². The van der Waals surface area contributed by atoms with Gasteiger partial charge < -0.3 is 9.80 Å². The summed E-state index contributed by atoms with van der Waals surface area (Å²) in [5, 5.41) is 0. The van der Waals surface area contributed by atoms with E-state index < -0.39 is 0 Å². The van der Waals surface area contributed by atoms with E-state index in [-0.39, 0.29) is 28.3 Å². The number of benzene rings is 3. The second-order valence-electron chi connectivity index (χ2n) is 17.7. The number of hydrogen-bond acceptors (Lipinski definition) is 2. The van der Waals surface area contributed by atoms with Crippen LogP contribution in [-0.4, -0.2) is 18.8 Å². The van der Waals surface area contributed by atoms with Crippen LogP contribution in [0.1, 0.15) is 85.9 Å². The summed E-state index contributed by atoms with van der Waals surface area (Å²) in [7, 11) is 0. The zero-order valence-corrected chi connectivity index (χ0v) is 30.5. The molecule has 2 nitrogen and oxygen atoms in total. The van der Waals surface area contributed by atoms with Crippen LogP contribution >= 0.6 is 0 Å². The fourth-order valence-corrected chi connectivity index (χ4v) is 8.56. The summed E-state index contributed by atoms with van der Waals surface area (Å²) in [6.07, 6.45) is 12.7. The van der Waals surface area contributed by atoms with E-state index in [9.17, 15) is 0 Å². The van der Waals surface area contributed by atoms with Gasteiger partial charge in [0.25, 0.3) is 0 Å². The molecule has 0 amide bonds. The number of rotatable bonds is 2. The molecule has 0 saturated carbocycles. The summed E-state index contributed by atoms with van der Waals surface area (Å²) in [6.45, 7) is 25.8. The molecule has 4 aliphatic rings. The third kappa shape index (κ3) is 5.44. The topological polar surface area (TPSA) is 6.48 Å². The fraction of sp³-hybridized carbons (Fsp3) is 0.409. The van der Waals surface area contributed by atoms with Crippen molar-refractivity contribution in [1.82, 2.24) is 0 Å². The predicted octanol–water partition coefficient (Wildman–Crippen LogP) is 10.8. The maximum atomic E-state index is 2.70. The Morgan fingerprint density at radius 3 is 1.74 bits per heavy atom. The van der Waals surface area contributed by atoms with Gasteiger partial charge in [-0.15, -0.1) is 0 Å². The maximum absolute atomic E-state index is 2.70. The molecule has 4 unspecified atom stereocenters. The standard InChI is InChI=1S/C44H53BN2/c1-28-12-22-37-35(24-28)45-36-27-32(44(9,10)11)17-23-38(36)47(34-20-15-31(16-21-34)43(6,7)8)40-26-29(2)25-39(41(40)45)46(37)33-18-13-30(14-19-33)42(3,4)5/h12-27,36,38-39,41H,1-11H3. The monoisotopic (exact) mass is 620 g/mol. The van der Waals surface area contributed by atoms with Crippen LogP contribution in [0.25, 0.3) is 0 Å². The first-order chi connectivity index (χ1) is 22.0. The van der Waals surface area contributed by atoms with E-state index in [1.54, 1.807) is 0 Å². The van der Waals surface area contributed by atoms with Crippen molar-refractivity contribution in [3.63, 3.8) is 0 Å². The molecular formula is C44H53BN2. The second-order valence-corrected chi connectivity index (χ2v) is 17.7. The normalized spacial score (nSPS) is 23.8. The number of anilines is 3. The van der Waals surface area contributed by atoms with Crippen LogP contribution in [0, 0.1) is 12.3 Å². The molecule has 3 aromatic carbocycles. The molecule has 2 aliphatic carbocycles. The molecule has 0 aromatic heterocycles. The molecule has 47 heavy (non-hydrogen) atoms. The molecule has 2 aliphatic heterocycles. The quantitative estimate of drug-likeness (QED) is 0.263. The van der Waals surface area contributed by atoms with Crippen LogP contribution in [0.2, 0.25) is 11.6 Å². The number of fused-ring (bicyclic) bond motifs is 4. The average Bonchev–Trinajstić information content (AvgIpc) is 2.99. The fourth-order valence-electron chi connectivity index (χ4n) is 8.56. The van der Waals surface area contributed by atoms with Gasteiger partial charge in [0.1, 0.15) is 0 Å². The van der Waals surface area contributed by atoms with Crippen LogP contribution in [0.15, 0.2) is 114 Å². The molecule has 1 saturated heterocycles. The molecular weight excluding hydrogens is 567 g/mol. The van der Waals surface area contributed by atoms with Gasteiger partial charge in [-0.25, -0.2) is 0 Å². The van der Waals surface area contributed by atoms with E-state index in [0.29, 0.717) is 18.3 Å². The lowest BCUT2D eigenvalue weighted by molar-refractivity contribution is 0.506. The van der Waals surface area contributed by atoms with Gasteiger partial charge in [0.05, 0.1) is 12.1 Å². The van der Waals surface area contributed by atoms with Crippen LogP contribution in [0.3, 0.4) is 0 Å². The average molecular weight is 621 g/mol. The summed E-state index contributed by atoms with van der Waals surface area (Å²) >= 11 is 0. The second kappa shape index (κ2) is 10.9. The molecule has 7 rings (SSSR count). The summed E-state index contributed by atoms with van der Waals surface area (Å²) in [5.41, 5.74) is 14.0. The lowest BCUT2D eigenvalue weighted by Gasteiger charge is -2.58. The SMILES string of the molecule is CC1=CC2C3B(c4cc(C)ccc4N2c2ccc(C(C)(C)C)cc2)C2C=C(C(C)(C)C)C=CC2N(c2ccc(C(C)(C)C)cc2)C3=C1. The Bertz CT molecular complexity index is 1820. The van der Waals surface area contributed by atoms with Crippen molar-refractivity contribution in [2.75, 3.05) is 9.80 Å². The van der Waals surface area contributed by atoms with Crippen molar-refractivity contribution >= 4 is 29.2 Å². The van der Waals surface area contributed by atoms with Gasteiger partial charge in [0, 0.05) is 28.6 Å². The van der Waals surface area contributed by atoms with E-state index >= 15 is 0 Å². The summed E-state index contributed by atoms with van der Waals surface area (Å²) in [5.74, 6) is 0.654. The van der Waals surface area contributed by atoms with Crippen molar-refractivity contribution < 1.29 is 0 Å². The molecule has 0 radical (unpaired) electrons. The smallest absolute Gasteiger partial charge is 0.200 e. The highest BCUT2D eigenvalue weighted by molar-refractivity contribution is 6.80. The first-order valence-electron chi connectivity index (χ1n) is 17.7. The zero-order valence-electron chi connectivity index (χ0n) is 30.5. The first kappa shape index (κ1) is 31.9. The third-order valence-electron chi connectivity index (χ3n) is 11.1. The van der Waals surface area contributed by atoms with E-state index in [4.69, 9.17) is 0 Å². The van der Waals surface area contributed by atoms with E-state index in [2.05, 4.69) is 183 Å². The molecule has 0 bridgehead atoms. The molecule has 4 atom stereocenters. The van der Waals surface area contributed by atoms with E-state index in [1.807, 2.05) is 0 Å². The van der Waals surface area contributed by atoms with Crippen molar-refractivity contribution in [1.29, 1.82) is 0 Å². The summed E-state index contributed by atoms with van der Waals surface area (Å²) < 4.78 is 0. The Balaban J connectivity index is 1.46. The lowest BCUT2D eigenvalue weighted by atomic mass is 9.24. The minimum Gasteiger partial charge on any atom is -0.339 e. The van der Waals surface area contributed by atoms with Gasteiger partial charge >= 0.3 is 0 Å². The van der Waals surface area contributed by atoms with Crippen molar-refractivity contribution in [2.45, 2.75) is 111 Å². The number of hydrogen-bond donors (Lipinski definition) is 0. The zero-order chi connectivity index (χ0) is 33.6. The Hall–Kier alpha value is -3.72. The minimum absolute atomic E-state index is 0.0875. The van der Waals surface area contributed by atoms with Crippen LogP contribution in [0.4, 0.5) is 17.1 Å². The summed E-state index contributed by atoms with van der Waals surface area (Å²) in [6, 6.07) is 26.5. The van der Waals surface area contributed by atoms with Gasteiger partial charge in [-0.2, -0.15) is 0 Å². The third-order valence-corrected chi connectivity index (χ3v) is 11.1. The molecule has 3 aromatic rings. The van der Waals surface area contributed by atoms with Crippen molar-refractivity contribution in [2.24, 2.45) is 5.41 Å². The Kier molecular flexibility index (Phi) is 7.39. The van der Waals surface area contributed by atoms with Crippen LogP contribution < -0.4 is 15.3 Å². The molecule has 1 fully saturated rings. The molecule has 242 valence electrons. The van der Waals surface area contributed by atoms with Gasteiger partial charge in [-0.3, -0.25) is 0 Å². The van der Waals surface area contributed by atoms with Gasteiger partial charge in [0.15, 0.2) is 0 Å². The Labute approximate surface area is 285 Å². The van der Waals surface area contributed by atoms with Crippen molar-refractivity contribution in [3.05, 3.63) is 131 Å². The van der Waals surface area contributed by atoms with E-state index in [0.717, 1.165) is 0 Å². The molecule has 0 spiro atoms.